The first-order chi connectivity index (χ1) is 12.3. The summed E-state index contributed by atoms with van der Waals surface area (Å²) in [5.74, 6) is 0.250. The maximum atomic E-state index is 12.9. The van der Waals surface area contributed by atoms with Crippen LogP contribution in [0.2, 0.25) is 0 Å². The van der Waals surface area contributed by atoms with E-state index < -0.39 is 10.0 Å². The van der Waals surface area contributed by atoms with Gasteiger partial charge < -0.3 is 20.7 Å². The van der Waals surface area contributed by atoms with Crippen molar-refractivity contribution >= 4 is 27.3 Å². The maximum Gasteiger partial charge on any atom is 0.243 e. The Morgan fingerprint density at radius 3 is 2.50 bits per heavy atom. The van der Waals surface area contributed by atoms with Crippen molar-refractivity contribution < 1.29 is 17.9 Å². The Kier molecular flexibility index (Phi) is 7.24. The molecular weight excluding hydrogens is 356 g/mol. The van der Waals surface area contributed by atoms with Crippen LogP contribution in [0.1, 0.15) is 13.8 Å². The largest absolute Gasteiger partial charge is 0.383 e. The summed E-state index contributed by atoms with van der Waals surface area (Å²) in [6.07, 6.45) is 0. The molecule has 1 aliphatic rings. The number of sulfonamides is 1. The van der Waals surface area contributed by atoms with Crippen LogP contribution < -0.4 is 16.0 Å². The summed E-state index contributed by atoms with van der Waals surface area (Å²) in [5.41, 5.74) is 1.35. The van der Waals surface area contributed by atoms with Crippen LogP contribution in [0.3, 0.4) is 0 Å². The Bertz CT molecular complexity index is 715. The Hall–Kier alpha value is -1.84. The van der Waals surface area contributed by atoms with Gasteiger partial charge in [-0.25, -0.2) is 8.42 Å². The van der Waals surface area contributed by atoms with E-state index in [1.807, 2.05) is 0 Å². The fourth-order valence-electron chi connectivity index (χ4n) is 2.50. The van der Waals surface area contributed by atoms with Crippen molar-refractivity contribution in [3.63, 3.8) is 0 Å². The van der Waals surface area contributed by atoms with Crippen molar-refractivity contribution in [1.82, 2.24) is 9.62 Å². The van der Waals surface area contributed by atoms with Crippen LogP contribution in [-0.2, 0) is 19.6 Å². The van der Waals surface area contributed by atoms with E-state index in [2.05, 4.69) is 29.8 Å². The highest BCUT2D eigenvalue weighted by atomic mass is 32.2. The molecule has 26 heavy (non-hydrogen) atoms. The molecule has 0 aliphatic carbocycles. The fraction of sp³-hybridized carbons (Fsp3) is 0.588. The molecule has 0 spiro atoms. The van der Waals surface area contributed by atoms with E-state index >= 15 is 0 Å². The maximum absolute atomic E-state index is 12.9. The summed E-state index contributed by atoms with van der Waals surface area (Å²) in [5, 5.41) is 8.85. The molecule has 3 N–H and O–H groups in total. The first-order valence-corrected chi connectivity index (χ1v) is 10.2. The van der Waals surface area contributed by atoms with Gasteiger partial charge in [0, 0.05) is 26.7 Å². The van der Waals surface area contributed by atoms with Crippen LogP contribution in [0.4, 0.5) is 11.4 Å². The number of carbonyl (C=O) groups excluding carboxylic acids is 1. The van der Waals surface area contributed by atoms with Crippen molar-refractivity contribution in [2.45, 2.75) is 18.7 Å². The lowest BCUT2D eigenvalue weighted by molar-refractivity contribution is -0.118. The van der Waals surface area contributed by atoms with Crippen molar-refractivity contribution in [3.8, 4) is 0 Å². The van der Waals surface area contributed by atoms with Gasteiger partial charge in [0.2, 0.25) is 15.9 Å². The number of hydrogen-bond acceptors (Lipinski definition) is 6. The summed E-state index contributed by atoms with van der Waals surface area (Å²) in [6.45, 7) is 6.46. The summed E-state index contributed by atoms with van der Waals surface area (Å²) in [6, 6.07) is 4.91. The van der Waals surface area contributed by atoms with E-state index in [4.69, 9.17) is 4.74 Å². The monoisotopic (exact) mass is 384 g/mol. The highest BCUT2D eigenvalue weighted by Crippen LogP contribution is 2.27. The standard InChI is InChI=1S/C17H28N4O4S/c1-13(2)11-19-15-5-4-14(10-16(15)20-12-17(22)18-3)26(23,24)21-6-8-25-9-7-21/h4-5,10,13,19-20H,6-9,11-12H2,1-3H3,(H,18,22). The highest BCUT2D eigenvalue weighted by Gasteiger charge is 2.27. The zero-order chi connectivity index (χ0) is 19.2. The van der Waals surface area contributed by atoms with Crippen LogP contribution in [-0.4, -0.2) is 65.1 Å². The average molecular weight is 385 g/mol. The number of ether oxygens (including phenoxy) is 1. The number of carbonyl (C=O) groups is 1. The van der Waals surface area contributed by atoms with E-state index in [0.717, 1.165) is 12.2 Å². The van der Waals surface area contributed by atoms with Crippen LogP contribution in [0, 0.1) is 5.92 Å². The minimum absolute atomic E-state index is 0.0634. The molecule has 2 rings (SSSR count). The molecule has 1 aromatic carbocycles. The van der Waals surface area contributed by atoms with Gasteiger partial charge in [-0.3, -0.25) is 4.79 Å². The summed E-state index contributed by atoms with van der Waals surface area (Å²) in [7, 11) is -2.03. The number of morpholine rings is 1. The number of amides is 1. The van der Waals surface area contributed by atoms with Gasteiger partial charge in [-0.15, -0.1) is 0 Å². The molecule has 0 radical (unpaired) electrons. The third kappa shape index (κ3) is 5.33. The van der Waals surface area contributed by atoms with Crippen LogP contribution in [0.25, 0.3) is 0 Å². The zero-order valence-corrected chi connectivity index (χ0v) is 16.4. The van der Waals surface area contributed by atoms with Gasteiger partial charge in [0.05, 0.1) is 36.0 Å². The number of anilines is 2. The SMILES string of the molecule is CNC(=O)CNc1cc(S(=O)(=O)N2CCOCC2)ccc1NCC(C)C. The molecule has 0 unspecified atom stereocenters. The molecule has 1 aliphatic heterocycles. The Morgan fingerprint density at radius 1 is 1.19 bits per heavy atom. The smallest absolute Gasteiger partial charge is 0.243 e. The quantitative estimate of drug-likeness (QED) is 0.617. The van der Waals surface area contributed by atoms with Crippen LogP contribution in [0.15, 0.2) is 23.1 Å². The normalized spacial score (nSPS) is 15.7. The van der Waals surface area contributed by atoms with Gasteiger partial charge in [-0.2, -0.15) is 4.31 Å². The Balaban J connectivity index is 2.28. The predicted octanol–water partition coefficient (Wildman–Crippen LogP) is 0.933. The molecule has 1 aromatic rings. The van der Waals surface area contributed by atoms with E-state index in [-0.39, 0.29) is 17.3 Å². The van der Waals surface area contributed by atoms with E-state index in [1.165, 1.54) is 4.31 Å². The molecule has 0 atom stereocenters. The molecule has 8 nitrogen and oxygen atoms in total. The predicted molar refractivity (Wildman–Crippen MR) is 102 cm³/mol. The molecule has 1 amide bonds. The highest BCUT2D eigenvalue weighted by molar-refractivity contribution is 7.89. The summed E-state index contributed by atoms with van der Waals surface area (Å²) < 4.78 is 32.4. The number of nitrogens with one attached hydrogen (secondary N) is 3. The fourth-order valence-corrected chi connectivity index (χ4v) is 3.93. The summed E-state index contributed by atoms with van der Waals surface area (Å²) >= 11 is 0. The van der Waals surface area contributed by atoms with Gasteiger partial charge in [0.25, 0.3) is 0 Å². The van der Waals surface area contributed by atoms with Gasteiger partial charge in [-0.05, 0) is 24.1 Å². The molecule has 146 valence electrons. The topological polar surface area (TPSA) is 99.8 Å². The Morgan fingerprint density at radius 2 is 1.88 bits per heavy atom. The lowest BCUT2D eigenvalue weighted by atomic mass is 10.2. The summed E-state index contributed by atoms with van der Waals surface area (Å²) in [4.78, 5) is 11.8. The second kappa shape index (κ2) is 9.20. The third-order valence-corrected chi connectivity index (χ3v) is 5.91. The lowest BCUT2D eigenvalue weighted by Crippen LogP contribution is -2.40. The number of hydrogen-bond donors (Lipinski definition) is 3. The van der Waals surface area contributed by atoms with Gasteiger partial charge in [0.1, 0.15) is 0 Å². The van der Waals surface area contributed by atoms with E-state index in [0.29, 0.717) is 37.9 Å². The van der Waals surface area contributed by atoms with Crippen LogP contribution >= 0.6 is 0 Å². The molecule has 1 fully saturated rings. The molecule has 1 heterocycles. The Labute approximate surface area is 155 Å². The first-order valence-electron chi connectivity index (χ1n) is 8.75. The molecule has 1 saturated heterocycles. The number of benzene rings is 1. The van der Waals surface area contributed by atoms with Gasteiger partial charge >= 0.3 is 0 Å². The second-order valence-electron chi connectivity index (χ2n) is 6.53. The molecule has 0 saturated carbocycles. The minimum Gasteiger partial charge on any atom is -0.383 e. The van der Waals surface area contributed by atoms with Crippen molar-refractivity contribution in [3.05, 3.63) is 18.2 Å². The molecule has 0 bridgehead atoms. The molecule has 0 aromatic heterocycles. The van der Waals surface area contributed by atoms with Gasteiger partial charge in [-0.1, -0.05) is 13.8 Å². The van der Waals surface area contributed by atoms with Crippen molar-refractivity contribution in [2.24, 2.45) is 5.92 Å². The van der Waals surface area contributed by atoms with Crippen LogP contribution in [0.5, 0.6) is 0 Å². The van der Waals surface area contributed by atoms with E-state index in [9.17, 15) is 13.2 Å². The van der Waals surface area contributed by atoms with Crippen molar-refractivity contribution in [1.29, 1.82) is 0 Å². The molecule has 9 heteroatoms. The lowest BCUT2D eigenvalue weighted by Gasteiger charge is -2.26. The second-order valence-corrected chi connectivity index (χ2v) is 8.46. The molecular formula is C17H28N4O4S. The minimum atomic E-state index is -3.59. The third-order valence-electron chi connectivity index (χ3n) is 4.02. The van der Waals surface area contributed by atoms with Crippen molar-refractivity contribution in [2.75, 3.05) is 57.1 Å². The number of rotatable bonds is 8. The number of nitrogens with zero attached hydrogens (tertiary/aromatic N) is 1. The van der Waals surface area contributed by atoms with E-state index in [1.54, 1.807) is 25.2 Å². The first kappa shape index (κ1) is 20.5. The zero-order valence-electron chi connectivity index (χ0n) is 15.5. The number of likely N-dealkylation sites (N-methyl/N-ethyl adjacent to an activating group) is 1. The van der Waals surface area contributed by atoms with Gasteiger partial charge in [0.15, 0.2) is 0 Å². The average Bonchev–Trinajstić information content (AvgIpc) is 2.65.